The minimum atomic E-state index is 0.866. The van der Waals surface area contributed by atoms with Gasteiger partial charge in [0.25, 0.3) is 0 Å². The van der Waals surface area contributed by atoms with Gasteiger partial charge in [-0.25, -0.2) is 0 Å². The molecule has 3 nitrogen and oxygen atoms in total. The highest BCUT2D eigenvalue weighted by Gasteiger charge is 2.20. The summed E-state index contributed by atoms with van der Waals surface area (Å²) in [6, 6.07) is 25.3. The Balaban J connectivity index is 1.81. The zero-order chi connectivity index (χ0) is 21.7. The fourth-order valence-electron chi connectivity index (χ4n) is 4.77. The Kier molecular flexibility index (Phi) is 4.15. The van der Waals surface area contributed by atoms with Crippen LogP contribution in [-0.4, -0.2) is 9.55 Å². The van der Waals surface area contributed by atoms with Gasteiger partial charge in [-0.15, -0.1) is 0 Å². The van der Waals surface area contributed by atoms with Crippen molar-refractivity contribution in [3.63, 3.8) is 0 Å². The van der Waals surface area contributed by atoms with E-state index in [0.29, 0.717) is 0 Å². The number of benzene rings is 3. The molecule has 0 radical (unpaired) electrons. The molecule has 0 aliphatic rings. The van der Waals surface area contributed by atoms with Crippen molar-refractivity contribution < 1.29 is 4.42 Å². The summed E-state index contributed by atoms with van der Waals surface area (Å²) in [5.41, 5.74) is 9.04. The summed E-state index contributed by atoms with van der Waals surface area (Å²) < 4.78 is 8.02. The number of aromatic amines is 1. The number of hydrogen-bond donors (Lipinski definition) is 1. The SMILES string of the molecule is C=Cc1c(/C=C\C)ccc2c1c1[nH]c3ccc(-c4ccco4)cc3c1n2-c1ccccc1. The van der Waals surface area contributed by atoms with Crippen molar-refractivity contribution in [2.45, 2.75) is 6.92 Å². The van der Waals surface area contributed by atoms with E-state index in [1.54, 1.807) is 6.26 Å². The van der Waals surface area contributed by atoms with Crippen LogP contribution in [0.3, 0.4) is 0 Å². The van der Waals surface area contributed by atoms with Crippen LogP contribution in [0.25, 0.3) is 62.0 Å². The molecule has 3 heteroatoms. The van der Waals surface area contributed by atoms with Gasteiger partial charge in [-0.3, -0.25) is 0 Å². The highest BCUT2D eigenvalue weighted by atomic mass is 16.3. The van der Waals surface area contributed by atoms with Gasteiger partial charge >= 0.3 is 0 Å². The number of furan rings is 1. The van der Waals surface area contributed by atoms with Crippen LogP contribution in [0, 0.1) is 0 Å². The minimum Gasteiger partial charge on any atom is -0.464 e. The predicted octanol–water partition coefficient (Wildman–Crippen LogP) is 8.20. The summed E-state index contributed by atoms with van der Waals surface area (Å²) in [4.78, 5) is 3.70. The monoisotopic (exact) mass is 414 g/mol. The van der Waals surface area contributed by atoms with Crippen molar-refractivity contribution in [2.24, 2.45) is 0 Å². The molecule has 32 heavy (non-hydrogen) atoms. The molecule has 0 aliphatic heterocycles. The zero-order valence-corrected chi connectivity index (χ0v) is 17.8. The van der Waals surface area contributed by atoms with Gasteiger partial charge in [0.05, 0.1) is 22.8 Å². The molecule has 0 aliphatic carbocycles. The maximum atomic E-state index is 5.67. The van der Waals surface area contributed by atoms with E-state index in [2.05, 4.69) is 88.9 Å². The third-order valence-electron chi connectivity index (χ3n) is 6.11. The largest absolute Gasteiger partial charge is 0.464 e. The molecule has 3 aromatic carbocycles. The number of hydrogen-bond acceptors (Lipinski definition) is 1. The van der Waals surface area contributed by atoms with Crippen LogP contribution in [0.5, 0.6) is 0 Å². The van der Waals surface area contributed by atoms with Crippen LogP contribution < -0.4 is 0 Å². The molecule has 154 valence electrons. The molecular weight excluding hydrogens is 392 g/mol. The molecule has 0 saturated carbocycles. The minimum absolute atomic E-state index is 0.866. The fraction of sp³-hybridized carbons (Fsp3) is 0.0345. The smallest absolute Gasteiger partial charge is 0.133 e. The van der Waals surface area contributed by atoms with Gasteiger partial charge in [-0.05, 0) is 66.6 Å². The summed E-state index contributed by atoms with van der Waals surface area (Å²) in [7, 11) is 0. The second kappa shape index (κ2) is 7.17. The average molecular weight is 415 g/mol. The third kappa shape index (κ3) is 2.61. The molecule has 0 atom stereocenters. The number of allylic oxidation sites excluding steroid dienone is 1. The maximum Gasteiger partial charge on any atom is 0.133 e. The molecule has 0 unspecified atom stereocenters. The van der Waals surface area contributed by atoms with Crippen LogP contribution in [0.1, 0.15) is 18.1 Å². The van der Waals surface area contributed by atoms with E-state index < -0.39 is 0 Å². The van der Waals surface area contributed by atoms with Crippen LogP contribution in [0.4, 0.5) is 0 Å². The van der Waals surface area contributed by atoms with E-state index >= 15 is 0 Å². The van der Waals surface area contributed by atoms with Crippen molar-refractivity contribution >= 4 is 45.0 Å². The molecule has 0 saturated heterocycles. The number of fused-ring (bicyclic) bond motifs is 5. The first-order valence-electron chi connectivity index (χ1n) is 10.8. The average Bonchev–Trinajstić information content (AvgIpc) is 3.55. The van der Waals surface area contributed by atoms with E-state index in [1.165, 1.54) is 5.39 Å². The quantitative estimate of drug-likeness (QED) is 0.310. The lowest BCUT2D eigenvalue weighted by Crippen LogP contribution is -1.94. The van der Waals surface area contributed by atoms with Crippen molar-refractivity contribution in [1.82, 2.24) is 9.55 Å². The summed E-state index contributed by atoms with van der Waals surface area (Å²) in [6.45, 7) is 6.19. The van der Waals surface area contributed by atoms with E-state index in [1.807, 2.05) is 25.1 Å². The Bertz CT molecular complexity index is 1630. The van der Waals surface area contributed by atoms with Gasteiger partial charge in [0.15, 0.2) is 0 Å². The number of nitrogens with zero attached hydrogens (tertiary/aromatic N) is 1. The molecular formula is C29H22N2O. The number of para-hydroxylation sites is 1. The lowest BCUT2D eigenvalue weighted by atomic mass is 10.0. The van der Waals surface area contributed by atoms with Crippen LogP contribution in [0.2, 0.25) is 0 Å². The Morgan fingerprint density at radius 1 is 0.969 bits per heavy atom. The summed E-state index contributed by atoms with van der Waals surface area (Å²) in [5.74, 6) is 0.866. The van der Waals surface area contributed by atoms with E-state index in [0.717, 1.165) is 55.6 Å². The third-order valence-corrected chi connectivity index (χ3v) is 6.11. The van der Waals surface area contributed by atoms with E-state index in [9.17, 15) is 0 Å². The maximum absolute atomic E-state index is 5.67. The van der Waals surface area contributed by atoms with Crippen LogP contribution >= 0.6 is 0 Å². The summed E-state index contributed by atoms with van der Waals surface area (Å²) >= 11 is 0. The van der Waals surface area contributed by atoms with E-state index in [4.69, 9.17) is 4.42 Å². The zero-order valence-electron chi connectivity index (χ0n) is 17.8. The Morgan fingerprint density at radius 3 is 2.59 bits per heavy atom. The molecule has 0 amide bonds. The van der Waals surface area contributed by atoms with Crippen molar-refractivity contribution in [3.05, 3.63) is 103 Å². The molecule has 1 N–H and O–H groups in total. The summed E-state index contributed by atoms with van der Waals surface area (Å²) in [6.07, 6.45) is 7.89. The van der Waals surface area contributed by atoms with Crippen molar-refractivity contribution in [2.75, 3.05) is 0 Å². The number of aromatic nitrogens is 2. The first-order chi connectivity index (χ1) is 15.8. The van der Waals surface area contributed by atoms with Gasteiger partial charge < -0.3 is 14.0 Å². The fourth-order valence-corrected chi connectivity index (χ4v) is 4.77. The number of H-pyrrole nitrogens is 1. The predicted molar refractivity (Wildman–Crippen MR) is 135 cm³/mol. The van der Waals surface area contributed by atoms with Gasteiger partial charge in [-0.1, -0.05) is 49.1 Å². The Labute approximate surface area is 185 Å². The first kappa shape index (κ1) is 18.5. The molecule has 6 rings (SSSR count). The molecule has 6 aromatic rings. The Hall–Kier alpha value is -4.24. The lowest BCUT2D eigenvalue weighted by molar-refractivity contribution is 0.582. The van der Waals surface area contributed by atoms with Crippen LogP contribution in [0.15, 0.2) is 96.1 Å². The van der Waals surface area contributed by atoms with Gasteiger partial charge in [0.2, 0.25) is 0 Å². The highest BCUT2D eigenvalue weighted by molar-refractivity contribution is 6.21. The van der Waals surface area contributed by atoms with Gasteiger partial charge in [0.1, 0.15) is 5.76 Å². The molecule has 0 spiro atoms. The van der Waals surface area contributed by atoms with Crippen molar-refractivity contribution in [3.8, 4) is 17.0 Å². The molecule has 0 fully saturated rings. The Morgan fingerprint density at radius 2 is 1.84 bits per heavy atom. The standard InChI is InChI=1S/C29H22N2O/c1-3-9-19-14-16-25-27(22(19)4-2)28-29(31(25)21-10-6-5-7-11-21)23-18-20(13-15-24(23)30-28)26-12-8-17-32-26/h3-18,30H,2H2,1H3/b9-3-. The van der Waals surface area contributed by atoms with Crippen molar-refractivity contribution in [1.29, 1.82) is 0 Å². The molecule has 3 aromatic heterocycles. The highest BCUT2D eigenvalue weighted by Crippen LogP contribution is 2.40. The normalized spacial score (nSPS) is 11.9. The van der Waals surface area contributed by atoms with Gasteiger partial charge in [0, 0.05) is 27.5 Å². The number of nitrogens with one attached hydrogen (secondary N) is 1. The second-order valence-corrected chi connectivity index (χ2v) is 7.92. The molecule has 3 heterocycles. The second-order valence-electron chi connectivity index (χ2n) is 7.92. The lowest BCUT2D eigenvalue weighted by Gasteiger charge is -2.10. The summed E-state index contributed by atoms with van der Waals surface area (Å²) in [5, 5.41) is 2.35. The molecule has 0 bridgehead atoms. The first-order valence-corrected chi connectivity index (χ1v) is 10.8. The van der Waals surface area contributed by atoms with E-state index in [-0.39, 0.29) is 0 Å². The topological polar surface area (TPSA) is 33.9 Å². The number of rotatable bonds is 4. The van der Waals surface area contributed by atoms with Crippen LogP contribution in [-0.2, 0) is 0 Å². The van der Waals surface area contributed by atoms with Gasteiger partial charge in [-0.2, -0.15) is 0 Å².